The molecule has 66 valence electrons. The van der Waals surface area contributed by atoms with Gasteiger partial charge in [-0.1, -0.05) is 0 Å². The Balaban J connectivity index is 2.21. The van der Waals surface area contributed by atoms with Gasteiger partial charge in [-0.25, -0.2) is 0 Å². The third-order valence-electron chi connectivity index (χ3n) is 2.06. The summed E-state index contributed by atoms with van der Waals surface area (Å²) in [4.78, 5) is 0. The molecule has 0 amide bonds. The van der Waals surface area contributed by atoms with Crippen molar-refractivity contribution < 1.29 is 9.84 Å². The van der Waals surface area contributed by atoms with Crippen molar-refractivity contribution in [3.63, 3.8) is 0 Å². The Morgan fingerprint density at radius 1 is 1.55 bits per heavy atom. The lowest BCUT2D eigenvalue weighted by molar-refractivity contribution is 0.0199. The van der Waals surface area contributed by atoms with Crippen LogP contribution in [0.1, 0.15) is 13.3 Å². The van der Waals surface area contributed by atoms with Gasteiger partial charge >= 0.3 is 0 Å². The van der Waals surface area contributed by atoms with E-state index in [9.17, 15) is 0 Å². The van der Waals surface area contributed by atoms with Gasteiger partial charge in [-0.05, 0) is 19.3 Å². The van der Waals surface area contributed by atoms with Gasteiger partial charge in [0.1, 0.15) is 0 Å². The molecule has 0 saturated carbocycles. The van der Waals surface area contributed by atoms with E-state index in [-0.39, 0.29) is 6.61 Å². The van der Waals surface area contributed by atoms with Gasteiger partial charge in [-0.2, -0.15) is 0 Å². The summed E-state index contributed by atoms with van der Waals surface area (Å²) in [7, 11) is 0. The van der Waals surface area contributed by atoms with Gasteiger partial charge < -0.3 is 15.2 Å². The highest BCUT2D eigenvalue weighted by Gasteiger charge is 2.20. The maximum atomic E-state index is 8.88. The monoisotopic (exact) mass is 159 g/mol. The van der Waals surface area contributed by atoms with Crippen molar-refractivity contribution in [3.05, 3.63) is 0 Å². The second-order valence-electron chi connectivity index (χ2n) is 3.02. The van der Waals surface area contributed by atoms with Gasteiger partial charge in [0.15, 0.2) is 0 Å². The molecule has 0 aromatic rings. The average molecular weight is 159 g/mol. The zero-order valence-corrected chi connectivity index (χ0v) is 7.05. The number of nitrogens with one attached hydrogen (secondary N) is 1. The average Bonchev–Trinajstić information content (AvgIpc) is 2.06. The first-order valence-corrected chi connectivity index (χ1v) is 4.30. The second-order valence-corrected chi connectivity index (χ2v) is 3.02. The Bertz CT molecular complexity index is 106. The summed E-state index contributed by atoms with van der Waals surface area (Å²) in [5, 5.41) is 12.1. The van der Waals surface area contributed by atoms with E-state index in [4.69, 9.17) is 9.84 Å². The zero-order chi connectivity index (χ0) is 8.10. The van der Waals surface area contributed by atoms with Crippen molar-refractivity contribution >= 4 is 0 Å². The SMILES string of the molecule is CCO[C@@H]1CNC[C@H](CO)C1. The molecule has 0 spiro atoms. The molecule has 0 aliphatic carbocycles. The van der Waals surface area contributed by atoms with E-state index in [1.54, 1.807) is 0 Å². The van der Waals surface area contributed by atoms with Gasteiger partial charge in [-0.3, -0.25) is 0 Å². The van der Waals surface area contributed by atoms with Crippen LogP contribution in [0.2, 0.25) is 0 Å². The van der Waals surface area contributed by atoms with Crippen molar-refractivity contribution in [2.24, 2.45) is 5.92 Å². The lowest BCUT2D eigenvalue weighted by Gasteiger charge is -2.28. The number of aliphatic hydroxyl groups is 1. The van der Waals surface area contributed by atoms with E-state index in [2.05, 4.69) is 5.32 Å². The van der Waals surface area contributed by atoms with Gasteiger partial charge in [0.2, 0.25) is 0 Å². The number of piperidine rings is 1. The Labute approximate surface area is 67.7 Å². The molecular weight excluding hydrogens is 142 g/mol. The topological polar surface area (TPSA) is 41.5 Å². The minimum Gasteiger partial charge on any atom is -0.396 e. The molecule has 2 atom stereocenters. The summed E-state index contributed by atoms with van der Waals surface area (Å²) >= 11 is 0. The van der Waals surface area contributed by atoms with Crippen molar-refractivity contribution in [2.75, 3.05) is 26.3 Å². The van der Waals surface area contributed by atoms with Crippen LogP contribution in [0.25, 0.3) is 0 Å². The number of hydrogen-bond donors (Lipinski definition) is 2. The molecule has 0 unspecified atom stereocenters. The summed E-state index contributed by atoms with van der Waals surface area (Å²) < 4.78 is 5.44. The number of hydrogen-bond acceptors (Lipinski definition) is 3. The first kappa shape index (κ1) is 8.97. The van der Waals surface area contributed by atoms with Crippen LogP contribution in [0, 0.1) is 5.92 Å². The summed E-state index contributed by atoms with van der Waals surface area (Å²) in [6.45, 7) is 4.91. The summed E-state index contributed by atoms with van der Waals surface area (Å²) in [6, 6.07) is 0. The Morgan fingerprint density at radius 2 is 2.36 bits per heavy atom. The van der Waals surface area contributed by atoms with Crippen LogP contribution in [0.15, 0.2) is 0 Å². The first-order chi connectivity index (χ1) is 5.36. The van der Waals surface area contributed by atoms with Gasteiger partial charge in [0, 0.05) is 26.3 Å². The maximum Gasteiger partial charge on any atom is 0.0703 e. The highest BCUT2D eigenvalue weighted by atomic mass is 16.5. The molecule has 3 nitrogen and oxygen atoms in total. The van der Waals surface area contributed by atoms with Crippen molar-refractivity contribution in [1.82, 2.24) is 5.32 Å². The molecule has 0 bridgehead atoms. The molecule has 2 N–H and O–H groups in total. The van der Waals surface area contributed by atoms with Crippen LogP contribution in [-0.2, 0) is 4.74 Å². The van der Waals surface area contributed by atoms with Gasteiger partial charge in [0.25, 0.3) is 0 Å². The molecule has 0 aromatic heterocycles. The smallest absolute Gasteiger partial charge is 0.0703 e. The van der Waals surface area contributed by atoms with Crippen LogP contribution in [0.5, 0.6) is 0 Å². The maximum absolute atomic E-state index is 8.88. The number of rotatable bonds is 3. The molecule has 1 heterocycles. The van der Waals surface area contributed by atoms with E-state index in [0.717, 1.165) is 26.1 Å². The van der Waals surface area contributed by atoms with Crippen molar-refractivity contribution in [3.8, 4) is 0 Å². The van der Waals surface area contributed by atoms with Crippen LogP contribution >= 0.6 is 0 Å². The fourth-order valence-electron chi connectivity index (χ4n) is 1.49. The first-order valence-electron chi connectivity index (χ1n) is 4.30. The Kier molecular flexibility index (Phi) is 3.83. The highest BCUT2D eigenvalue weighted by molar-refractivity contribution is 4.75. The van der Waals surface area contributed by atoms with E-state index in [1.165, 1.54) is 0 Å². The number of aliphatic hydroxyl groups excluding tert-OH is 1. The zero-order valence-electron chi connectivity index (χ0n) is 7.05. The molecule has 1 aliphatic heterocycles. The molecule has 3 heteroatoms. The van der Waals surface area contributed by atoms with Gasteiger partial charge in [0.05, 0.1) is 6.10 Å². The lowest BCUT2D eigenvalue weighted by atomic mass is 9.98. The minimum absolute atomic E-state index is 0.274. The Hall–Kier alpha value is -0.120. The predicted molar refractivity (Wildman–Crippen MR) is 43.5 cm³/mol. The summed E-state index contributed by atoms with van der Waals surface area (Å²) in [6.07, 6.45) is 1.31. The van der Waals surface area contributed by atoms with E-state index < -0.39 is 0 Å². The quantitative estimate of drug-likeness (QED) is 0.608. The molecule has 0 aromatic carbocycles. The van der Waals surface area contributed by atoms with E-state index in [1.807, 2.05) is 6.92 Å². The fourth-order valence-corrected chi connectivity index (χ4v) is 1.49. The van der Waals surface area contributed by atoms with Crippen LogP contribution in [0.3, 0.4) is 0 Å². The van der Waals surface area contributed by atoms with Crippen LogP contribution in [-0.4, -0.2) is 37.5 Å². The van der Waals surface area contributed by atoms with Crippen LogP contribution in [0.4, 0.5) is 0 Å². The number of ether oxygens (including phenoxy) is 1. The summed E-state index contributed by atoms with van der Waals surface area (Å²) in [5.41, 5.74) is 0. The fraction of sp³-hybridized carbons (Fsp3) is 1.00. The van der Waals surface area contributed by atoms with E-state index >= 15 is 0 Å². The Morgan fingerprint density at radius 3 is 3.00 bits per heavy atom. The predicted octanol–water partition coefficient (Wildman–Crippen LogP) is -0.00670. The van der Waals surface area contributed by atoms with E-state index in [0.29, 0.717) is 12.0 Å². The summed E-state index contributed by atoms with van der Waals surface area (Å²) in [5.74, 6) is 0.389. The second kappa shape index (κ2) is 4.70. The molecule has 1 fully saturated rings. The third kappa shape index (κ3) is 2.77. The van der Waals surface area contributed by atoms with Crippen molar-refractivity contribution in [1.29, 1.82) is 0 Å². The molecule has 1 rings (SSSR count). The molecule has 11 heavy (non-hydrogen) atoms. The molecular formula is C8H17NO2. The van der Waals surface area contributed by atoms with Gasteiger partial charge in [-0.15, -0.1) is 0 Å². The highest BCUT2D eigenvalue weighted by Crippen LogP contribution is 2.12. The standard InChI is InChI=1S/C8H17NO2/c1-2-11-8-3-7(6-10)4-9-5-8/h7-10H,2-6H2,1H3/t7-,8+/m1/s1. The molecule has 0 radical (unpaired) electrons. The largest absolute Gasteiger partial charge is 0.396 e. The van der Waals surface area contributed by atoms with Crippen molar-refractivity contribution in [2.45, 2.75) is 19.4 Å². The minimum atomic E-state index is 0.274. The lowest BCUT2D eigenvalue weighted by Crippen LogP contribution is -2.41. The van der Waals surface area contributed by atoms with Crippen LogP contribution < -0.4 is 5.32 Å². The normalized spacial score (nSPS) is 32.2. The third-order valence-corrected chi connectivity index (χ3v) is 2.06. The molecule has 1 aliphatic rings. The molecule has 1 saturated heterocycles.